The summed E-state index contributed by atoms with van der Waals surface area (Å²) in [5.74, 6) is -0.364. The maximum atomic E-state index is 12.3. The first-order valence-electron chi connectivity index (χ1n) is 5.84. The largest absolute Gasteiger partial charge is 0.357 e. The zero-order chi connectivity index (χ0) is 13.1. The van der Waals surface area contributed by atoms with Crippen molar-refractivity contribution in [3.63, 3.8) is 0 Å². The Kier molecular flexibility index (Phi) is 3.61. The second-order valence-electron chi connectivity index (χ2n) is 4.26. The smallest absolute Gasteiger partial charge is 0.274 e. The van der Waals surface area contributed by atoms with E-state index in [2.05, 4.69) is 15.6 Å². The summed E-state index contributed by atoms with van der Waals surface area (Å²) in [6.45, 7) is 1.66. The number of carbonyl (C=O) groups excluding carboxylic acids is 2. The highest BCUT2D eigenvalue weighted by molar-refractivity contribution is 5.96. The number of aromatic nitrogens is 2. The Labute approximate surface area is 105 Å². The Balaban J connectivity index is 2.18. The lowest BCUT2D eigenvalue weighted by molar-refractivity contribution is -0.125. The molecule has 0 spiro atoms. The normalized spacial score (nSPS) is 19.7. The van der Waals surface area contributed by atoms with Gasteiger partial charge in [-0.3, -0.25) is 9.59 Å². The molecule has 2 N–H and O–H groups in total. The lowest BCUT2D eigenvalue weighted by Crippen LogP contribution is -2.59. The fourth-order valence-corrected chi connectivity index (χ4v) is 2.02. The summed E-state index contributed by atoms with van der Waals surface area (Å²) in [5.41, 5.74) is 0.369. The van der Waals surface area contributed by atoms with Gasteiger partial charge in [0.1, 0.15) is 11.7 Å². The van der Waals surface area contributed by atoms with Gasteiger partial charge in [0.2, 0.25) is 5.91 Å². The Morgan fingerprint density at radius 3 is 2.94 bits per heavy atom. The van der Waals surface area contributed by atoms with E-state index in [4.69, 9.17) is 0 Å². The van der Waals surface area contributed by atoms with Crippen LogP contribution in [0.2, 0.25) is 0 Å². The summed E-state index contributed by atoms with van der Waals surface area (Å²) in [5, 5.41) is 5.69. The molecule has 7 nitrogen and oxygen atoms in total. The first-order valence-corrected chi connectivity index (χ1v) is 5.84. The molecule has 7 heteroatoms. The van der Waals surface area contributed by atoms with Crippen LogP contribution in [0.3, 0.4) is 0 Å². The van der Waals surface area contributed by atoms with E-state index in [0.29, 0.717) is 25.3 Å². The van der Waals surface area contributed by atoms with E-state index in [1.165, 1.54) is 0 Å². The summed E-state index contributed by atoms with van der Waals surface area (Å²) in [6.07, 6.45) is 3.23. The van der Waals surface area contributed by atoms with Crippen molar-refractivity contribution in [3.05, 3.63) is 18.2 Å². The predicted molar refractivity (Wildman–Crippen MR) is 65.0 cm³/mol. The summed E-state index contributed by atoms with van der Waals surface area (Å²) in [6, 6.07) is -0.474. The second-order valence-corrected chi connectivity index (χ2v) is 4.26. The van der Waals surface area contributed by atoms with Crippen molar-refractivity contribution in [2.75, 3.05) is 26.7 Å². The minimum atomic E-state index is -0.474. The molecule has 1 atom stereocenters. The van der Waals surface area contributed by atoms with E-state index in [-0.39, 0.29) is 11.8 Å². The minimum Gasteiger partial charge on any atom is -0.357 e. The molecule has 1 saturated heterocycles. The number of rotatable bonds is 2. The number of carbonyl (C=O) groups is 2. The van der Waals surface area contributed by atoms with Crippen molar-refractivity contribution in [2.45, 2.75) is 6.04 Å². The molecule has 2 heterocycles. The number of amides is 2. The quantitative estimate of drug-likeness (QED) is 0.676. The molecule has 1 fully saturated rings. The fraction of sp³-hybridized carbons (Fsp3) is 0.545. The average Bonchev–Trinajstić information content (AvgIpc) is 2.83. The molecular weight excluding hydrogens is 234 g/mol. The minimum absolute atomic E-state index is 0.161. The Bertz CT molecular complexity index is 456. The predicted octanol–water partition coefficient (Wildman–Crippen LogP) is -1.42. The van der Waals surface area contributed by atoms with Crippen molar-refractivity contribution in [2.24, 2.45) is 7.05 Å². The van der Waals surface area contributed by atoms with E-state index in [1.54, 1.807) is 36.1 Å². The molecule has 98 valence electrons. The van der Waals surface area contributed by atoms with Gasteiger partial charge < -0.3 is 20.1 Å². The highest BCUT2D eigenvalue weighted by atomic mass is 16.2. The van der Waals surface area contributed by atoms with E-state index in [9.17, 15) is 9.59 Å². The van der Waals surface area contributed by atoms with Crippen molar-refractivity contribution >= 4 is 11.8 Å². The van der Waals surface area contributed by atoms with Crippen LogP contribution >= 0.6 is 0 Å². The number of aryl methyl sites for hydroxylation is 1. The standard InChI is InChI=1S/C11H17N5O2/c1-12-10(17)9-5-13-3-4-16(9)11(18)8-6-15(2)7-14-8/h6-7,9,13H,3-5H2,1-2H3,(H,12,17). The summed E-state index contributed by atoms with van der Waals surface area (Å²) in [4.78, 5) is 29.6. The molecule has 0 radical (unpaired) electrons. The van der Waals surface area contributed by atoms with Gasteiger partial charge in [0.15, 0.2) is 0 Å². The van der Waals surface area contributed by atoms with Crippen LogP contribution in [0.1, 0.15) is 10.5 Å². The van der Waals surface area contributed by atoms with Crippen LogP contribution in [0.15, 0.2) is 12.5 Å². The first kappa shape index (κ1) is 12.6. The van der Waals surface area contributed by atoms with E-state index in [1.807, 2.05) is 0 Å². The highest BCUT2D eigenvalue weighted by Gasteiger charge is 2.32. The molecule has 1 aliphatic rings. The van der Waals surface area contributed by atoms with Crippen molar-refractivity contribution in [3.8, 4) is 0 Å². The van der Waals surface area contributed by atoms with E-state index < -0.39 is 6.04 Å². The van der Waals surface area contributed by atoms with Gasteiger partial charge in [0.25, 0.3) is 5.91 Å². The van der Waals surface area contributed by atoms with Gasteiger partial charge in [0, 0.05) is 39.9 Å². The van der Waals surface area contributed by atoms with Crippen LogP contribution in [0.5, 0.6) is 0 Å². The van der Waals surface area contributed by atoms with Crippen molar-refractivity contribution in [1.29, 1.82) is 0 Å². The molecule has 18 heavy (non-hydrogen) atoms. The van der Waals surface area contributed by atoms with E-state index in [0.717, 1.165) is 0 Å². The number of hydrogen-bond acceptors (Lipinski definition) is 4. The molecule has 1 aliphatic heterocycles. The second kappa shape index (κ2) is 5.18. The van der Waals surface area contributed by atoms with Gasteiger partial charge >= 0.3 is 0 Å². The summed E-state index contributed by atoms with van der Waals surface area (Å²) in [7, 11) is 3.37. The molecule has 0 aromatic carbocycles. The van der Waals surface area contributed by atoms with E-state index >= 15 is 0 Å². The van der Waals surface area contributed by atoms with Gasteiger partial charge in [-0.1, -0.05) is 0 Å². The average molecular weight is 251 g/mol. The fourth-order valence-electron chi connectivity index (χ4n) is 2.02. The van der Waals surface area contributed by atoms with Gasteiger partial charge in [-0.05, 0) is 0 Å². The van der Waals surface area contributed by atoms with Gasteiger partial charge in [0.05, 0.1) is 6.33 Å². The number of hydrogen-bond donors (Lipinski definition) is 2. The third-order valence-corrected chi connectivity index (χ3v) is 2.98. The number of piperazine rings is 1. The van der Waals surface area contributed by atoms with Crippen LogP contribution in [0, 0.1) is 0 Å². The lowest BCUT2D eigenvalue weighted by atomic mass is 10.1. The van der Waals surface area contributed by atoms with Crippen LogP contribution < -0.4 is 10.6 Å². The zero-order valence-corrected chi connectivity index (χ0v) is 10.5. The van der Waals surface area contributed by atoms with Crippen LogP contribution in [0.25, 0.3) is 0 Å². The van der Waals surface area contributed by atoms with Crippen LogP contribution in [0.4, 0.5) is 0 Å². The van der Waals surface area contributed by atoms with Crippen molar-refractivity contribution < 1.29 is 9.59 Å². The van der Waals surface area contributed by atoms with Crippen LogP contribution in [-0.2, 0) is 11.8 Å². The maximum Gasteiger partial charge on any atom is 0.274 e. The number of nitrogens with one attached hydrogen (secondary N) is 2. The molecule has 1 aromatic heterocycles. The van der Waals surface area contributed by atoms with Gasteiger partial charge in [-0.25, -0.2) is 4.98 Å². The van der Waals surface area contributed by atoms with Crippen LogP contribution in [-0.4, -0.2) is 59.0 Å². The Hall–Kier alpha value is -1.89. The first-order chi connectivity index (χ1) is 8.63. The molecule has 0 bridgehead atoms. The molecular formula is C11H17N5O2. The van der Waals surface area contributed by atoms with Gasteiger partial charge in [-0.2, -0.15) is 0 Å². The number of likely N-dealkylation sites (N-methyl/N-ethyl adjacent to an activating group) is 1. The maximum absolute atomic E-state index is 12.3. The Morgan fingerprint density at radius 1 is 1.56 bits per heavy atom. The Morgan fingerprint density at radius 2 is 2.33 bits per heavy atom. The third kappa shape index (κ3) is 2.35. The molecule has 2 rings (SSSR count). The zero-order valence-electron chi connectivity index (χ0n) is 10.5. The molecule has 0 saturated carbocycles. The molecule has 2 amide bonds. The van der Waals surface area contributed by atoms with Gasteiger partial charge in [-0.15, -0.1) is 0 Å². The monoisotopic (exact) mass is 251 g/mol. The number of imidazole rings is 1. The summed E-state index contributed by atoms with van der Waals surface area (Å²) < 4.78 is 1.71. The lowest BCUT2D eigenvalue weighted by Gasteiger charge is -2.34. The molecule has 1 unspecified atom stereocenters. The SMILES string of the molecule is CNC(=O)C1CNCCN1C(=O)c1cn(C)cn1. The molecule has 1 aromatic rings. The van der Waals surface area contributed by atoms with Crippen molar-refractivity contribution in [1.82, 2.24) is 25.1 Å². The topological polar surface area (TPSA) is 79.3 Å². The number of nitrogens with zero attached hydrogens (tertiary/aromatic N) is 3. The highest BCUT2D eigenvalue weighted by Crippen LogP contribution is 2.09. The third-order valence-electron chi connectivity index (χ3n) is 2.98. The molecule has 0 aliphatic carbocycles. The summed E-state index contributed by atoms with van der Waals surface area (Å²) >= 11 is 0.